The molecule has 232 valence electrons. The van der Waals surface area contributed by atoms with Crippen molar-refractivity contribution >= 4 is 17.6 Å². The highest BCUT2D eigenvalue weighted by Crippen LogP contribution is 2.58. The van der Waals surface area contributed by atoms with E-state index in [-0.39, 0.29) is 42.3 Å². The zero-order chi connectivity index (χ0) is 30.2. The van der Waals surface area contributed by atoms with Crippen LogP contribution in [0.3, 0.4) is 0 Å². The van der Waals surface area contributed by atoms with Gasteiger partial charge in [0, 0.05) is 11.8 Å². The first-order chi connectivity index (χ1) is 20.7. The molecule has 10 atom stereocenters. The highest BCUT2D eigenvalue weighted by Gasteiger charge is 2.56. The quantitative estimate of drug-likeness (QED) is 0.416. The SMILES string of the molecule is COc1cc([C@@H]2c3cc4c(cc3[C@@H](O[C@@H]3O[C@@H]5CO[C@@H](C)O[C@H]5[C@H](O)[C@H]3O)[C@H]3COC(=O)[C@H]23)OCO4)c(Cl)c(OC)c1O. The van der Waals surface area contributed by atoms with Gasteiger partial charge in [0.05, 0.1) is 44.5 Å². The Morgan fingerprint density at radius 1 is 0.930 bits per heavy atom. The second-order valence-electron chi connectivity index (χ2n) is 11.1. The van der Waals surface area contributed by atoms with Crippen molar-refractivity contribution in [1.29, 1.82) is 0 Å². The number of hydrogen-bond donors (Lipinski definition) is 3. The number of fused-ring (bicyclic) bond motifs is 4. The number of carbonyl (C=O) groups excluding carboxylic acids is 1. The number of aliphatic hydroxyl groups is 2. The molecule has 2 aromatic carbocycles. The van der Waals surface area contributed by atoms with Crippen LogP contribution in [0.4, 0.5) is 0 Å². The lowest BCUT2D eigenvalue weighted by atomic mass is 9.66. The van der Waals surface area contributed by atoms with Crippen LogP contribution in [0.15, 0.2) is 18.2 Å². The molecule has 0 amide bonds. The van der Waals surface area contributed by atoms with Gasteiger partial charge in [0.25, 0.3) is 0 Å². The van der Waals surface area contributed by atoms with E-state index >= 15 is 0 Å². The van der Waals surface area contributed by atoms with Gasteiger partial charge < -0.3 is 58.0 Å². The number of cyclic esters (lactones) is 1. The topological polar surface area (TPSA) is 161 Å². The molecule has 0 unspecified atom stereocenters. The molecule has 4 aliphatic heterocycles. The van der Waals surface area contributed by atoms with Crippen LogP contribution >= 0.6 is 11.6 Å². The van der Waals surface area contributed by atoms with Crippen molar-refractivity contribution in [2.24, 2.45) is 11.8 Å². The number of carbonyl (C=O) groups is 1. The summed E-state index contributed by atoms with van der Waals surface area (Å²) in [5, 5.41) is 32.7. The number of hydrogen-bond acceptors (Lipinski definition) is 13. The molecule has 3 fully saturated rings. The number of rotatable bonds is 5. The van der Waals surface area contributed by atoms with Crippen LogP contribution in [0, 0.1) is 11.8 Å². The number of halogens is 1. The maximum Gasteiger partial charge on any atom is 0.310 e. The molecule has 7 rings (SSSR count). The Labute approximate surface area is 251 Å². The van der Waals surface area contributed by atoms with E-state index in [4.69, 9.17) is 54.2 Å². The Balaban J connectivity index is 1.34. The second kappa shape index (κ2) is 10.8. The van der Waals surface area contributed by atoms with E-state index < -0.39 is 66.8 Å². The Kier molecular flexibility index (Phi) is 7.24. The van der Waals surface area contributed by atoms with E-state index in [1.807, 2.05) is 0 Å². The van der Waals surface area contributed by atoms with Crippen LogP contribution in [-0.4, -0.2) is 92.5 Å². The summed E-state index contributed by atoms with van der Waals surface area (Å²) in [6.45, 7) is 1.83. The molecule has 13 nitrogen and oxygen atoms in total. The average Bonchev–Trinajstić information content (AvgIpc) is 3.62. The van der Waals surface area contributed by atoms with Gasteiger partial charge >= 0.3 is 5.97 Å². The first kappa shape index (κ1) is 28.7. The summed E-state index contributed by atoms with van der Waals surface area (Å²) in [5.74, 6) is -1.82. The summed E-state index contributed by atoms with van der Waals surface area (Å²) >= 11 is 6.82. The number of benzene rings is 2. The molecule has 2 aromatic rings. The molecule has 5 aliphatic rings. The van der Waals surface area contributed by atoms with Gasteiger partial charge in [-0.2, -0.15) is 0 Å². The lowest BCUT2D eigenvalue weighted by Crippen LogP contribution is -2.63. The Morgan fingerprint density at radius 3 is 2.40 bits per heavy atom. The molecule has 4 heterocycles. The summed E-state index contributed by atoms with van der Waals surface area (Å²) in [5.41, 5.74) is 1.69. The van der Waals surface area contributed by atoms with Crippen molar-refractivity contribution in [1.82, 2.24) is 0 Å². The third kappa shape index (κ3) is 4.48. The highest BCUT2D eigenvalue weighted by atomic mass is 35.5. The van der Waals surface area contributed by atoms with Crippen molar-refractivity contribution in [2.45, 2.75) is 55.9 Å². The fourth-order valence-electron chi connectivity index (χ4n) is 6.80. The number of phenolic OH excluding ortho intramolecular Hbond substituents is 1. The predicted octanol–water partition coefficient (Wildman–Crippen LogP) is 1.99. The average molecular weight is 623 g/mol. The molecule has 43 heavy (non-hydrogen) atoms. The normalized spacial score (nSPS) is 35.9. The van der Waals surface area contributed by atoms with Gasteiger partial charge in [-0.3, -0.25) is 4.79 Å². The summed E-state index contributed by atoms with van der Waals surface area (Å²) in [6.07, 6.45) is -6.97. The lowest BCUT2D eigenvalue weighted by Gasteiger charge is -2.47. The largest absolute Gasteiger partial charge is 0.502 e. The standard InChI is InChI=1S/C29H31ClO13/c1-10-37-8-18-26(41-10)23(32)24(33)29(42-18)43-25-12-5-16-15(39-9-40-16)4-11(12)19(20-14(25)7-38-28(20)34)13-6-17(35-2)22(31)27(36-3)21(13)30/h4-6,10,14,18-20,23-26,29,31-33H,7-9H2,1-3H3/t10-,14+,18-,19+,20+,23-,24-,25-,26-,29+/m1/s1. The van der Waals surface area contributed by atoms with Gasteiger partial charge in [0.2, 0.25) is 12.5 Å². The van der Waals surface area contributed by atoms with Gasteiger partial charge in [-0.05, 0) is 41.8 Å². The van der Waals surface area contributed by atoms with Crippen LogP contribution < -0.4 is 18.9 Å². The van der Waals surface area contributed by atoms with E-state index in [9.17, 15) is 20.1 Å². The molecular weight excluding hydrogens is 592 g/mol. The number of aromatic hydroxyl groups is 1. The molecule has 0 saturated carbocycles. The number of methoxy groups -OCH3 is 2. The molecular formula is C29H31ClO13. The van der Waals surface area contributed by atoms with Crippen molar-refractivity contribution in [3.63, 3.8) is 0 Å². The van der Waals surface area contributed by atoms with Crippen molar-refractivity contribution < 1.29 is 62.7 Å². The number of phenols is 1. The monoisotopic (exact) mass is 622 g/mol. The molecule has 0 aromatic heterocycles. The zero-order valence-electron chi connectivity index (χ0n) is 23.4. The van der Waals surface area contributed by atoms with Crippen molar-refractivity contribution in [3.8, 4) is 28.7 Å². The third-order valence-corrected chi connectivity index (χ3v) is 9.22. The highest BCUT2D eigenvalue weighted by molar-refractivity contribution is 6.33. The lowest BCUT2D eigenvalue weighted by molar-refractivity contribution is -0.364. The minimum atomic E-state index is -1.46. The Bertz CT molecular complexity index is 1430. The summed E-state index contributed by atoms with van der Waals surface area (Å²) in [6, 6.07) is 5.09. The predicted molar refractivity (Wildman–Crippen MR) is 143 cm³/mol. The third-order valence-electron chi connectivity index (χ3n) is 8.83. The van der Waals surface area contributed by atoms with Gasteiger partial charge in [-0.25, -0.2) is 0 Å². The van der Waals surface area contributed by atoms with Crippen LogP contribution in [-0.2, 0) is 28.5 Å². The number of ether oxygens (including phenoxy) is 9. The minimum absolute atomic E-state index is 0.00304. The number of aliphatic hydroxyl groups excluding tert-OH is 2. The van der Waals surface area contributed by atoms with Crippen LogP contribution in [0.25, 0.3) is 0 Å². The first-order valence-corrected chi connectivity index (χ1v) is 14.3. The van der Waals surface area contributed by atoms with Gasteiger partial charge in [0.1, 0.15) is 24.4 Å². The van der Waals surface area contributed by atoms with Crippen LogP contribution in [0.2, 0.25) is 5.02 Å². The molecule has 0 bridgehead atoms. The second-order valence-corrected chi connectivity index (χ2v) is 11.5. The first-order valence-electron chi connectivity index (χ1n) is 13.9. The zero-order valence-corrected chi connectivity index (χ0v) is 24.2. The maximum absolute atomic E-state index is 13.5. The van der Waals surface area contributed by atoms with Gasteiger partial charge in [0.15, 0.2) is 35.6 Å². The van der Waals surface area contributed by atoms with E-state index in [0.29, 0.717) is 28.2 Å². The smallest absolute Gasteiger partial charge is 0.310 e. The van der Waals surface area contributed by atoms with E-state index in [1.54, 1.807) is 25.1 Å². The Morgan fingerprint density at radius 2 is 1.67 bits per heavy atom. The molecule has 14 heteroatoms. The van der Waals surface area contributed by atoms with Gasteiger partial charge in [-0.15, -0.1) is 0 Å². The van der Waals surface area contributed by atoms with E-state index in [1.165, 1.54) is 14.2 Å². The Hall–Kier alpha value is -3.04. The summed E-state index contributed by atoms with van der Waals surface area (Å²) in [4.78, 5) is 13.5. The van der Waals surface area contributed by atoms with Crippen LogP contribution in [0.5, 0.6) is 28.7 Å². The van der Waals surface area contributed by atoms with Crippen molar-refractivity contribution in [2.75, 3.05) is 34.2 Å². The summed E-state index contributed by atoms with van der Waals surface area (Å²) in [7, 11) is 2.76. The summed E-state index contributed by atoms with van der Waals surface area (Å²) < 4.78 is 51.5. The van der Waals surface area contributed by atoms with Crippen molar-refractivity contribution in [3.05, 3.63) is 39.9 Å². The molecule has 3 saturated heterocycles. The fourth-order valence-corrected chi connectivity index (χ4v) is 7.14. The number of esters is 1. The van der Waals surface area contributed by atoms with E-state index in [2.05, 4.69) is 0 Å². The minimum Gasteiger partial charge on any atom is -0.502 e. The molecule has 0 radical (unpaired) electrons. The molecule has 0 spiro atoms. The maximum atomic E-state index is 13.5. The molecule has 3 N–H and O–H groups in total. The van der Waals surface area contributed by atoms with Gasteiger partial charge in [-0.1, -0.05) is 11.6 Å². The fraction of sp³-hybridized carbons (Fsp3) is 0.552. The molecule has 1 aliphatic carbocycles. The van der Waals surface area contributed by atoms with E-state index in [0.717, 1.165) is 0 Å². The van der Waals surface area contributed by atoms with Crippen LogP contribution in [0.1, 0.15) is 35.6 Å².